The minimum absolute atomic E-state index is 0.00272. The molecule has 2 unspecified atom stereocenters. The van der Waals surface area contributed by atoms with E-state index in [2.05, 4.69) is 22.4 Å². The van der Waals surface area contributed by atoms with Crippen molar-refractivity contribution in [3.8, 4) is 0 Å². The fraction of sp³-hybridized carbons (Fsp3) is 0.786. The van der Waals surface area contributed by atoms with Gasteiger partial charge in [0.25, 0.3) is 0 Å². The molecule has 1 aliphatic rings. The standard InChI is InChI=1S/C14H23N3O3/c1-10-4-3-7-14(8-10,9-18)16-12(19)5-6-13-15-11(2)17-20-13/h10,18H,3-9H2,1-2H3,(H,16,19). The number of nitrogens with one attached hydrogen (secondary N) is 1. The lowest BCUT2D eigenvalue weighted by molar-refractivity contribution is -0.124. The Labute approximate surface area is 118 Å². The number of aliphatic hydroxyl groups is 1. The van der Waals surface area contributed by atoms with Gasteiger partial charge < -0.3 is 14.9 Å². The smallest absolute Gasteiger partial charge is 0.227 e. The second-order valence-corrected chi connectivity index (χ2v) is 5.92. The third-order valence-electron chi connectivity index (χ3n) is 3.93. The maximum atomic E-state index is 12.1. The molecule has 0 radical (unpaired) electrons. The zero-order valence-electron chi connectivity index (χ0n) is 12.2. The number of rotatable bonds is 5. The molecule has 1 fully saturated rings. The minimum Gasteiger partial charge on any atom is -0.394 e. The van der Waals surface area contributed by atoms with Crippen LogP contribution in [0.2, 0.25) is 0 Å². The van der Waals surface area contributed by atoms with E-state index >= 15 is 0 Å². The molecule has 1 amide bonds. The lowest BCUT2D eigenvalue weighted by atomic mass is 9.76. The molecule has 1 aromatic rings. The summed E-state index contributed by atoms with van der Waals surface area (Å²) < 4.78 is 4.98. The van der Waals surface area contributed by atoms with Crippen LogP contribution in [0.15, 0.2) is 4.52 Å². The first-order valence-electron chi connectivity index (χ1n) is 7.24. The van der Waals surface area contributed by atoms with Crippen molar-refractivity contribution in [1.82, 2.24) is 15.5 Å². The molecule has 112 valence electrons. The molecule has 1 aromatic heterocycles. The fourth-order valence-electron chi connectivity index (χ4n) is 2.98. The topological polar surface area (TPSA) is 88.2 Å². The average molecular weight is 281 g/mol. The van der Waals surface area contributed by atoms with Crippen LogP contribution in [-0.4, -0.2) is 33.3 Å². The van der Waals surface area contributed by atoms with Crippen LogP contribution < -0.4 is 5.32 Å². The Morgan fingerprint density at radius 1 is 1.60 bits per heavy atom. The molecule has 6 nitrogen and oxygen atoms in total. The lowest BCUT2D eigenvalue weighted by Gasteiger charge is -2.39. The minimum atomic E-state index is -0.445. The van der Waals surface area contributed by atoms with Gasteiger partial charge in [0.05, 0.1) is 12.1 Å². The van der Waals surface area contributed by atoms with Crippen LogP contribution in [0, 0.1) is 12.8 Å². The molecule has 0 bridgehead atoms. The number of carbonyl (C=O) groups is 1. The van der Waals surface area contributed by atoms with Crippen LogP contribution in [0.25, 0.3) is 0 Å². The van der Waals surface area contributed by atoms with E-state index in [0.29, 0.717) is 30.5 Å². The fourth-order valence-corrected chi connectivity index (χ4v) is 2.98. The third kappa shape index (κ3) is 3.79. The molecule has 2 atom stereocenters. The lowest BCUT2D eigenvalue weighted by Crippen LogP contribution is -2.53. The predicted octanol–water partition coefficient (Wildman–Crippen LogP) is 1.37. The quantitative estimate of drug-likeness (QED) is 0.851. The highest BCUT2D eigenvalue weighted by Gasteiger charge is 2.35. The largest absolute Gasteiger partial charge is 0.394 e. The summed E-state index contributed by atoms with van der Waals surface area (Å²) in [5.74, 6) is 1.53. The highest BCUT2D eigenvalue weighted by molar-refractivity contribution is 5.77. The number of nitrogens with zero attached hydrogens (tertiary/aromatic N) is 2. The summed E-state index contributed by atoms with van der Waals surface area (Å²) >= 11 is 0. The molecule has 0 saturated heterocycles. The van der Waals surface area contributed by atoms with Crippen molar-refractivity contribution in [3.05, 3.63) is 11.7 Å². The molecule has 6 heteroatoms. The van der Waals surface area contributed by atoms with E-state index in [1.807, 2.05) is 0 Å². The molecule has 20 heavy (non-hydrogen) atoms. The van der Waals surface area contributed by atoms with Crippen LogP contribution in [0.5, 0.6) is 0 Å². The van der Waals surface area contributed by atoms with Crippen molar-refractivity contribution in [2.45, 2.75) is 57.9 Å². The molecule has 0 aromatic carbocycles. The summed E-state index contributed by atoms with van der Waals surface area (Å²) in [6, 6.07) is 0. The highest BCUT2D eigenvalue weighted by Crippen LogP contribution is 2.32. The summed E-state index contributed by atoms with van der Waals surface area (Å²) in [6.07, 6.45) is 4.64. The summed E-state index contributed by atoms with van der Waals surface area (Å²) in [6.45, 7) is 3.91. The van der Waals surface area contributed by atoms with Crippen LogP contribution in [0.1, 0.15) is 50.7 Å². The van der Waals surface area contributed by atoms with Crippen molar-refractivity contribution < 1.29 is 14.4 Å². The first kappa shape index (κ1) is 15.0. The van der Waals surface area contributed by atoms with Crippen LogP contribution in [0.3, 0.4) is 0 Å². The van der Waals surface area contributed by atoms with Crippen molar-refractivity contribution in [1.29, 1.82) is 0 Å². The second kappa shape index (κ2) is 6.35. The van der Waals surface area contributed by atoms with Crippen molar-refractivity contribution in [2.24, 2.45) is 5.92 Å². The Balaban J connectivity index is 1.86. The second-order valence-electron chi connectivity index (χ2n) is 5.92. The van der Waals surface area contributed by atoms with Gasteiger partial charge in [-0.25, -0.2) is 0 Å². The molecule has 1 heterocycles. The number of aromatic nitrogens is 2. The molecular weight excluding hydrogens is 258 g/mol. The first-order valence-corrected chi connectivity index (χ1v) is 7.24. The van der Waals surface area contributed by atoms with Gasteiger partial charge in [0, 0.05) is 12.8 Å². The number of hydrogen-bond donors (Lipinski definition) is 2. The maximum Gasteiger partial charge on any atom is 0.227 e. The Kier molecular flexibility index (Phi) is 4.75. The zero-order chi connectivity index (χ0) is 14.6. The van der Waals surface area contributed by atoms with E-state index < -0.39 is 5.54 Å². The SMILES string of the molecule is Cc1noc(CCC(=O)NC2(CO)CCCC(C)C2)n1. The zero-order valence-corrected chi connectivity index (χ0v) is 12.2. The number of aryl methyl sites for hydroxylation is 2. The maximum absolute atomic E-state index is 12.1. The Bertz CT molecular complexity index is 460. The Morgan fingerprint density at radius 2 is 2.40 bits per heavy atom. The Hall–Kier alpha value is -1.43. The monoisotopic (exact) mass is 281 g/mol. The summed E-state index contributed by atoms with van der Waals surface area (Å²) in [7, 11) is 0. The van der Waals surface area contributed by atoms with Crippen LogP contribution in [-0.2, 0) is 11.2 Å². The molecular formula is C14H23N3O3. The van der Waals surface area contributed by atoms with Crippen molar-refractivity contribution in [2.75, 3.05) is 6.61 Å². The molecule has 0 aliphatic heterocycles. The van der Waals surface area contributed by atoms with E-state index in [9.17, 15) is 9.90 Å². The van der Waals surface area contributed by atoms with Gasteiger partial charge in [-0.2, -0.15) is 4.98 Å². The van der Waals surface area contributed by atoms with E-state index in [0.717, 1.165) is 19.3 Å². The van der Waals surface area contributed by atoms with Crippen LogP contribution in [0.4, 0.5) is 0 Å². The first-order chi connectivity index (χ1) is 9.53. The number of carbonyl (C=O) groups excluding carboxylic acids is 1. The normalized spacial score (nSPS) is 26.4. The van der Waals surface area contributed by atoms with Gasteiger partial charge in [0.1, 0.15) is 0 Å². The molecule has 2 N–H and O–H groups in total. The van der Waals surface area contributed by atoms with Gasteiger partial charge in [-0.3, -0.25) is 4.79 Å². The molecule has 0 spiro atoms. The Morgan fingerprint density at radius 3 is 3.00 bits per heavy atom. The average Bonchev–Trinajstić information content (AvgIpc) is 2.82. The number of hydrogen-bond acceptors (Lipinski definition) is 5. The van der Waals surface area contributed by atoms with Crippen molar-refractivity contribution >= 4 is 5.91 Å². The van der Waals surface area contributed by atoms with E-state index in [4.69, 9.17) is 4.52 Å². The molecule has 1 saturated carbocycles. The molecule has 2 rings (SSSR count). The van der Waals surface area contributed by atoms with Gasteiger partial charge in [-0.1, -0.05) is 24.9 Å². The molecule has 1 aliphatic carbocycles. The predicted molar refractivity (Wildman–Crippen MR) is 72.9 cm³/mol. The number of amides is 1. The number of aliphatic hydroxyl groups excluding tert-OH is 1. The third-order valence-corrected chi connectivity index (χ3v) is 3.93. The van der Waals surface area contributed by atoms with E-state index in [1.54, 1.807) is 6.92 Å². The highest BCUT2D eigenvalue weighted by atomic mass is 16.5. The van der Waals surface area contributed by atoms with E-state index in [-0.39, 0.29) is 12.5 Å². The van der Waals surface area contributed by atoms with Crippen LogP contribution >= 0.6 is 0 Å². The summed E-state index contributed by atoms with van der Waals surface area (Å²) in [5, 5.41) is 16.3. The van der Waals surface area contributed by atoms with Crippen molar-refractivity contribution in [3.63, 3.8) is 0 Å². The van der Waals surface area contributed by atoms with Gasteiger partial charge >= 0.3 is 0 Å². The van der Waals surface area contributed by atoms with E-state index in [1.165, 1.54) is 6.42 Å². The summed E-state index contributed by atoms with van der Waals surface area (Å²) in [4.78, 5) is 16.1. The van der Waals surface area contributed by atoms with Gasteiger partial charge in [0.15, 0.2) is 5.82 Å². The van der Waals surface area contributed by atoms with Gasteiger partial charge in [0.2, 0.25) is 11.8 Å². The summed E-state index contributed by atoms with van der Waals surface area (Å²) in [5.41, 5.74) is -0.445. The van der Waals surface area contributed by atoms with Gasteiger partial charge in [-0.15, -0.1) is 0 Å². The van der Waals surface area contributed by atoms with Gasteiger partial charge in [-0.05, 0) is 25.7 Å².